The molecule has 0 aliphatic rings. The molecule has 2 aromatic carbocycles. The maximum absolute atomic E-state index is 12.3. The summed E-state index contributed by atoms with van der Waals surface area (Å²) in [5.74, 6) is -0.661. The van der Waals surface area contributed by atoms with Crippen molar-refractivity contribution in [3.05, 3.63) is 75.2 Å². The van der Waals surface area contributed by atoms with Crippen LogP contribution in [0.4, 0.5) is 10.8 Å². The van der Waals surface area contributed by atoms with E-state index in [0.717, 1.165) is 5.56 Å². The molecule has 0 aliphatic carbocycles. The van der Waals surface area contributed by atoms with Crippen LogP contribution < -0.4 is 10.6 Å². The molecule has 1 heterocycles. The number of nitrogens with zero attached hydrogens (tertiary/aromatic N) is 1. The highest BCUT2D eigenvalue weighted by Crippen LogP contribution is 2.30. The van der Waals surface area contributed by atoms with Crippen molar-refractivity contribution in [3.8, 4) is 0 Å². The quantitative estimate of drug-likeness (QED) is 0.634. The van der Waals surface area contributed by atoms with Crippen molar-refractivity contribution in [2.75, 3.05) is 10.6 Å². The molecule has 0 aliphatic heterocycles. The van der Waals surface area contributed by atoms with Crippen LogP contribution in [0.1, 0.15) is 16.1 Å². The van der Waals surface area contributed by atoms with Gasteiger partial charge >= 0.3 is 0 Å². The van der Waals surface area contributed by atoms with Crippen LogP contribution in [0.3, 0.4) is 0 Å². The average molecular weight is 406 g/mol. The number of amides is 2. The van der Waals surface area contributed by atoms with Crippen molar-refractivity contribution in [3.63, 3.8) is 0 Å². The maximum atomic E-state index is 12.3. The number of carbonyl (C=O) groups is 2. The van der Waals surface area contributed by atoms with Gasteiger partial charge in [0.05, 0.1) is 22.2 Å². The monoisotopic (exact) mass is 405 g/mol. The predicted octanol–water partition coefficient (Wildman–Crippen LogP) is 4.88. The number of benzene rings is 2. The van der Waals surface area contributed by atoms with E-state index in [1.165, 1.54) is 11.3 Å². The van der Waals surface area contributed by atoms with Crippen LogP contribution in [-0.4, -0.2) is 16.8 Å². The Balaban J connectivity index is 1.64. The lowest BCUT2D eigenvalue weighted by atomic mass is 10.1. The fourth-order valence-corrected chi connectivity index (χ4v) is 3.37. The first-order valence-electron chi connectivity index (χ1n) is 7.57. The Labute approximate surface area is 164 Å². The second-order valence-electron chi connectivity index (χ2n) is 5.30. The number of thiazole rings is 1. The normalized spacial score (nSPS) is 10.4. The molecule has 0 fully saturated rings. The topological polar surface area (TPSA) is 71.1 Å². The van der Waals surface area contributed by atoms with Gasteiger partial charge in [0.25, 0.3) is 5.91 Å². The summed E-state index contributed by atoms with van der Waals surface area (Å²) in [7, 11) is 0. The standard InChI is InChI=1S/C18H13Cl2N3O2S/c19-12-7-4-8-13(20)16(12)23-17(25)14-10-26-18(21-14)22-15(24)9-11-5-2-1-3-6-11/h1-8,10H,9H2,(H,23,25)(H,21,22,24). The molecule has 2 amide bonds. The maximum Gasteiger partial charge on any atom is 0.275 e. The molecule has 132 valence electrons. The van der Waals surface area contributed by atoms with Gasteiger partial charge in [-0.1, -0.05) is 59.6 Å². The number of hydrogen-bond acceptors (Lipinski definition) is 4. The summed E-state index contributed by atoms with van der Waals surface area (Å²) >= 11 is 13.2. The predicted molar refractivity (Wildman–Crippen MR) is 105 cm³/mol. The summed E-state index contributed by atoms with van der Waals surface area (Å²) in [6, 6.07) is 14.3. The highest BCUT2D eigenvalue weighted by atomic mass is 35.5. The van der Waals surface area contributed by atoms with Crippen molar-refractivity contribution in [1.29, 1.82) is 0 Å². The van der Waals surface area contributed by atoms with Gasteiger partial charge in [0, 0.05) is 5.38 Å². The summed E-state index contributed by atoms with van der Waals surface area (Å²) in [5, 5.41) is 7.88. The van der Waals surface area contributed by atoms with E-state index in [1.807, 2.05) is 30.3 Å². The molecule has 3 rings (SSSR count). The molecule has 26 heavy (non-hydrogen) atoms. The van der Waals surface area contributed by atoms with Gasteiger partial charge in [-0.25, -0.2) is 4.98 Å². The van der Waals surface area contributed by atoms with Crippen LogP contribution in [-0.2, 0) is 11.2 Å². The van der Waals surface area contributed by atoms with E-state index in [1.54, 1.807) is 23.6 Å². The Kier molecular flexibility index (Phi) is 5.88. The fraction of sp³-hybridized carbons (Fsp3) is 0.0556. The van der Waals surface area contributed by atoms with E-state index in [4.69, 9.17) is 23.2 Å². The highest BCUT2D eigenvalue weighted by molar-refractivity contribution is 7.14. The Morgan fingerprint density at radius 1 is 0.962 bits per heavy atom. The van der Waals surface area contributed by atoms with Gasteiger partial charge in [-0.05, 0) is 17.7 Å². The number of para-hydroxylation sites is 1. The summed E-state index contributed by atoms with van der Waals surface area (Å²) in [4.78, 5) is 28.5. The van der Waals surface area contributed by atoms with E-state index in [-0.39, 0.29) is 18.0 Å². The zero-order valence-corrected chi connectivity index (χ0v) is 15.7. The van der Waals surface area contributed by atoms with Gasteiger partial charge in [0.15, 0.2) is 5.13 Å². The Morgan fingerprint density at radius 3 is 2.35 bits per heavy atom. The van der Waals surface area contributed by atoms with E-state index in [9.17, 15) is 9.59 Å². The number of halogens is 2. The van der Waals surface area contributed by atoms with Gasteiger partial charge in [-0.15, -0.1) is 11.3 Å². The molecule has 0 radical (unpaired) electrons. The Morgan fingerprint density at radius 2 is 1.65 bits per heavy atom. The second-order valence-corrected chi connectivity index (χ2v) is 6.97. The van der Waals surface area contributed by atoms with E-state index < -0.39 is 5.91 Å². The molecule has 0 unspecified atom stereocenters. The number of aromatic nitrogens is 1. The van der Waals surface area contributed by atoms with Gasteiger partial charge in [-0.3, -0.25) is 9.59 Å². The van der Waals surface area contributed by atoms with Crippen LogP contribution in [0.25, 0.3) is 0 Å². The molecule has 0 bridgehead atoms. The lowest BCUT2D eigenvalue weighted by molar-refractivity contribution is -0.115. The Hall–Kier alpha value is -2.41. The number of carbonyl (C=O) groups excluding carboxylic acids is 2. The molecule has 1 aromatic heterocycles. The first kappa shape index (κ1) is 18.4. The molecule has 0 saturated heterocycles. The number of hydrogen-bond donors (Lipinski definition) is 2. The highest BCUT2D eigenvalue weighted by Gasteiger charge is 2.15. The molecule has 5 nitrogen and oxygen atoms in total. The third-order valence-electron chi connectivity index (χ3n) is 3.39. The average Bonchev–Trinajstić information content (AvgIpc) is 3.07. The van der Waals surface area contributed by atoms with E-state index in [0.29, 0.717) is 20.9 Å². The minimum Gasteiger partial charge on any atom is -0.318 e. The SMILES string of the molecule is O=C(Cc1ccccc1)Nc1nc(C(=O)Nc2c(Cl)cccc2Cl)cs1. The molecule has 3 aromatic rings. The first-order chi connectivity index (χ1) is 12.5. The zero-order valence-electron chi connectivity index (χ0n) is 13.3. The third kappa shape index (κ3) is 4.60. The number of rotatable bonds is 5. The summed E-state index contributed by atoms with van der Waals surface area (Å²) in [5.41, 5.74) is 1.39. The molecule has 8 heteroatoms. The molecule has 2 N–H and O–H groups in total. The summed E-state index contributed by atoms with van der Waals surface area (Å²) < 4.78 is 0. The van der Waals surface area contributed by atoms with E-state index in [2.05, 4.69) is 15.6 Å². The van der Waals surface area contributed by atoms with E-state index >= 15 is 0 Å². The number of anilines is 2. The zero-order chi connectivity index (χ0) is 18.5. The third-order valence-corrected chi connectivity index (χ3v) is 4.78. The summed E-state index contributed by atoms with van der Waals surface area (Å²) in [6.45, 7) is 0. The van der Waals surface area contributed by atoms with Crippen LogP contribution in [0.15, 0.2) is 53.9 Å². The molecule has 0 saturated carbocycles. The van der Waals surface area contributed by atoms with Crippen LogP contribution >= 0.6 is 34.5 Å². The number of nitrogens with one attached hydrogen (secondary N) is 2. The van der Waals surface area contributed by atoms with Crippen LogP contribution in [0.5, 0.6) is 0 Å². The molecular weight excluding hydrogens is 393 g/mol. The first-order valence-corrected chi connectivity index (χ1v) is 9.21. The van der Waals surface area contributed by atoms with Crippen molar-refractivity contribution in [2.24, 2.45) is 0 Å². The fourth-order valence-electron chi connectivity index (χ4n) is 2.17. The van der Waals surface area contributed by atoms with Crippen molar-refractivity contribution >= 4 is 57.2 Å². The summed E-state index contributed by atoms with van der Waals surface area (Å²) in [6.07, 6.45) is 0.233. The van der Waals surface area contributed by atoms with Crippen molar-refractivity contribution in [1.82, 2.24) is 4.98 Å². The van der Waals surface area contributed by atoms with Gasteiger partial charge in [-0.2, -0.15) is 0 Å². The molecular formula is C18H13Cl2N3O2S. The van der Waals surface area contributed by atoms with Crippen molar-refractivity contribution in [2.45, 2.75) is 6.42 Å². The smallest absolute Gasteiger partial charge is 0.275 e. The molecule has 0 spiro atoms. The molecule has 0 atom stereocenters. The van der Waals surface area contributed by atoms with Gasteiger partial charge in [0.1, 0.15) is 5.69 Å². The second kappa shape index (κ2) is 8.31. The van der Waals surface area contributed by atoms with Crippen molar-refractivity contribution < 1.29 is 9.59 Å². The lowest BCUT2D eigenvalue weighted by Crippen LogP contribution is -2.16. The van der Waals surface area contributed by atoms with Crippen LogP contribution in [0.2, 0.25) is 10.0 Å². The van der Waals surface area contributed by atoms with Gasteiger partial charge in [0.2, 0.25) is 5.91 Å². The largest absolute Gasteiger partial charge is 0.318 e. The minimum absolute atomic E-state index is 0.168. The lowest BCUT2D eigenvalue weighted by Gasteiger charge is -2.07. The minimum atomic E-state index is -0.459. The van der Waals surface area contributed by atoms with Crippen LogP contribution in [0, 0.1) is 0 Å². The van der Waals surface area contributed by atoms with Gasteiger partial charge < -0.3 is 10.6 Å². The Bertz CT molecular complexity index is 924.